The van der Waals surface area contributed by atoms with E-state index in [9.17, 15) is 33.0 Å². The van der Waals surface area contributed by atoms with E-state index >= 15 is 0 Å². The maximum atomic E-state index is 13.2. The monoisotopic (exact) mass is 1220 g/mol. The predicted molar refractivity (Wildman–Crippen MR) is 346 cm³/mol. The second-order valence-corrected chi connectivity index (χ2v) is 23.7. The molecule has 3 aliphatic rings. The van der Waals surface area contributed by atoms with Crippen LogP contribution in [0.1, 0.15) is 67.3 Å². The molecule has 452 valence electrons. The molecule has 1 saturated heterocycles. The number of carbonyl (C=O) groups is 2. The third kappa shape index (κ3) is 12.9. The van der Waals surface area contributed by atoms with E-state index in [0.29, 0.717) is 69.2 Å². The molecule has 20 nitrogen and oxygen atoms in total. The highest BCUT2D eigenvalue weighted by Gasteiger charge is 2.32. The van der Waals surface area contributed by atoms with Crippen LogP contribution >= 0.6 is 0 Å². The van der Waals surface area contributed by atoms with Crippen LogP contribution < -0.4 is 20.3 Å². The van der Waals surface area contributed by atoms with Crippen molar-refractivity contribution in [3.63, 3.8) is 0 Å². The molecular formula is C69H62N12O8S. The first kappa shape index (κ1) is 59.6. The number of H-pyrrole nitrogens is 1. The molecule has 1 atom stereocenters. The number of fused-ring (bicyclic) bond motifs is 5. The van der Waals surface area contributed by atoms with Crippen molar-refractivity contribution in [3.05, 3.63) is 237 Å². The summed E-state index contributed by atoms with van der Waals surface area (Å²) in [7, 11) is -2.25. The van der Waals surface area contributed by atoms with E-state index in [2.05, 4.69) is 79.8 Å². The first-order chi connectivity index (χ1) is 43.8. The number of phenolic OH excluding ortho intramolecular Hbond substituents is 1. The van der Waals surface area contributed by atoms with Crippen molar-refractivity contribution < 1.29 is 33.0 Å². The maximum Gasteiger partial charge on any atom is 0.296 e. The first-order valence-electron chi connectivity index (χ1n) is 29.4. The summed E-state index contributed by atoms with van der Waals surface area (Å²) < 4.78 is 36.2. The van der Waals surface area contributed by atoms with E-state index in [1.54, 1.807) is 91.5 Å². The molecule has 2 amide bonds. The fourth-order valence-corrected chi connectivity index (χ4v) is 13.0. The van der Waals surface area contributed by atoms with Crippen LogP contribution in [0.15, 0.2) is 207 Å². The molecule has 5 N–H and O–H groups in total. The number of piperidine rings is 1. The number of aliphatic imine (C=N–C) groups is 1. The van der Waals surface area contributed by atoms with Gasteiger partial charge in [-0.05, 0) is 127 Å². The number of pyridine rings is 1. The number of likely N-dealkylation sites (tertiary alicyclic amines) is 1. The minimum absolute atomic E-state index is 0.0377. The normalized spacial score (nSPS) is 14.8. The third-order valence-corrected chi connectivity index (χ3v) is 17.7. The van der Waals surface area contributed by atoms with Crippen LogP contribution in [0.2, 0.25) is 0 Å². The molecule has 0 saturated carbocycles. The van der Waals surface area contributed by atoms with Gasteiger partial charge in [0.1, 0.15) is 16.4 Å². The lowest BCUT2D eigenvalue weighted by Crippen LogP contribution is -2.51. The fourth-order valence-electron chi connectivity index (χ4n) is 11.8. The van der Waals surface area contributed by atoms with E-state index in [1.165, 1.54) is 23.4 Å². The highest BCUT2D eigenvalue weighted by molar-refractivity contribution is 7.92. The molecule has 7 aromatic carbocycles. The number of aryl methyl sites for hydroxylation is 1. The molecule has 90 heavy (non-hydrogen) atoms. The zero-order valence-corrected chi connectivity index (χ0v) is 50.0. The Balaban J connectivity index is 0.000000131. The summed E-state index contributed by atoms with van der Waals surface area (Å²) in [5, 5.41) is 50.0. The summed E-state index contributed by atoms with van der Waals surface area (Å²) in [6.45, 7) is 4.61. The molecule has 14 rings (SSSR count). The fraction of sp³-hybridized carbons (Fsp3) is 0.188. The first-order valence-corrected chi connectivity index (χ1v) is 30.9. The van der Waals surface area contributed by atoms with Crippen molar-refractivity contribution in [2.24, 2.45) is 15.2 Å². The number of aromatic nitrogens is 6. The largest absolute Gasteiger partial charge is 0.507 e. The average Bonchev–Trinajstić information content (AvgIpc) is 1.42. The van der Waals surface area contributed by atoms with Crippen molar-refractivity contribution in [1.82, 2.24) is 40.2 Å². The lowest BCUT2D eigenvalue weighted by molar-refractivity contribution is 0.0872. The molecule has 21 heteroatoms. The molecule has 0 bridgehead atoms. The zero-order chi connectivity index (χ0) is 62.3. The van der Waals surface area contributed by atoms with Crippen LogP contribution in [0.3, 0.4) is 0 Å². The number of hydrogen-bond donors (Lipinski definition) is 5. The SMILES string of the molecule is CN=Cc1ccc(C(=O)N=Nc2c(O)n(Cc3ccccc3)c3ccccc23)cn1.Cc1nnc(-c2ccc(O)c3ccccc23)cc1S(=O)(=O)Nc1ccc2c(c1)CCO2.O=C(NC1CCCN(C2Cc3ccccc3C2)C1)c1n[nH]c(=O)c2ccccc12. The number of anilines is 1. The number of benzene rings is 7. The van der Waals surface area contributed by atoms with Gasteiger partial charge in [-0.3, -0.25) is 34.0 Å². The summed E-state index contributed by atoms with van der Waals surface area (Å²) in [5.41, 5.74) is 8.80. The van der Waals surface area contributed by atoms with Gasteiger partial charge in [0.25, 0.3) is 27.4 Å². The summed E-state index contributed by atoms with van der Waals surface area (Å²) >= 11 is 0. The maximum absolute atomic E-state index is 13.2. The Bertz CT molecular complexity index is 4720. The predicted octanol–water partition coefficient (Wildman–Crippen LogP) is 11.1. The van der Waals surface area contributed by atoms with Gasteiger partial charge in [-0.2, -0.15) is 15.3 Å². The van der Waals surface area contributed by atoms with Crippen LogP contribution in [0.5, 0.6) is 17.4 Å². The van der Waals surface area contributed by atoms with Gasteiger partial charge < -0.3 is 24.8 Å². The Morgan fingerprint density at radius 3 is 2.24 bits per heavy atom. The quantitative estimate of drug-likeness (QED) is 0.0563. The van der Waals surface area contributed by atoms with Crippen molar-refractivity contribution in [1.29, 1.82) is 0 Å². The Kier molecular flexibility index (Phi) is 17.4. The molecule has 4 aromatic heterocycles. The van der Waals surface area contributed by atoms with E-state index < -0.39 is 15.9 Å². The van der Waals surface area contributed by atoms with E-state index in [4.69, 9.17) is 4.74 Å². The highest BCUT2D eigenvalue weighted by atomic mass is 32.2. The van der Waals surface area contributed by atoms with Gasteiger partial charge in [-0.15, -0.1) is 10.2 Å². The summed E-state index contributed by atoms with van der Waals surface area (Å²) in [6.07, 6.45) is 7.97. The van der Waals surface area contributed by atoms with Gasteiger partial charge in [0.05, 0.1) is 46.7 Å². The van der Waals surface area contributed by atoms with E-state index in [-0.39, 0.29) is 45.4 Å². The lowest BCUT2D eigenvalue weighted by Gasteiger charge is -2.37. The Morgan fingerprint density at radius 1 is 0.778 bits per heavy atom. The van der Waals surface area contributed by atoms with Crippen LogP contribution in [-0.4, -0.2) is 110 Å². The zero-order valence-electron chi connectivity index (χ0n) is 49.2. The Hall–Kier alpha value is -10.8. The minimum atomic E-state index is -3.90. The number of carbonyl (C=O) groups excluding carboxylic acids is 2. The number of sulfonamides is 1. The molecule has 11 aromatic rings. The summed E-state index contributed by atoms with van der Waals surface area (Å²) in [6, 6.07) is 54.3. The van der Waals surface area contributed by atoms with E-state index in [0.717, 1.165) is 78.4 Å². The van der Waals surface area contributed by atoms with Crippen LogP contribution in [-0.2, 0) is 35.8 Å². The number of nitrogens with one attached hydrogen (secondary N) is 3. The molecule has 0 spiro atoms. The number of phenols is 1. The average molecular weight is 1220 g/mol. The van der Waals surface area contributed by atoms with E-state index in [1.807, 2.05) is 78.9 Å². The molecule has 1 aliphatic carbocycles. The lowest BCUT2D eigenvalue weighted by atomic mass is 10.0. The number of azo groups is 1. The number of nitrogens with zero attached hydrogens (tertiary/aromatic N) is 9. The third-order valence-electron chi connectivity index (χ3n) is 16.2. The molecule has 0 radical (unpaired) electrons. The topological polar surface area (TPSA) is 272 Å². The van der Waals surface area contributed by atoms with Gasteiger partial charge in [0.2, 0.25) is 5.88 Å². The van der Waals surface area contributed by atoms with Gasteiger partial charge in [0.15, 0.2) is 11.4 Å². The molecule has 2 aliphatic heterocycles. The minimum Gasteiger partial charge on any atom is -0.507 e. The van der Waals surface area contributed by atoms with Gasteiger partial charge in [-0.25, -0.2) is 13.5 Å². The number of rotatable bonds is 12. The number of ether oxygens (including phenoxy) is 1. The van der Waals surface area contributed by atoms with Gasteiger partial charge in [0, 0.05) is 71.9 Å². The van der Waals surface area contributed by atoms with Crippen LogP contribution in [0.25, 0.3) is 43.7 Å². The van der Waals surface area contributed by atoms with Crippen LogP contribution in [0.4, 0.5) is 11.4 Å². The number of hydrogen-bond acceptors (Lipinski definition) is 15. The van der Waals surface area contributed by atoms with Crippen molar-refractivity contribution in [3.8, 4) is 28.6 Å². The summed E-state index contributed by atoms with van der Waals surface area (Å²) in [5.74, 6) is 0.130. The smallest absolute Gasteiger partial charge is 0.296 e. The molecule has 6 heterocycles. The standard InChI is InChI=1S/C23H19N5O2.C23H24N4O2.C23H19N3O4S/c1-24-14-18-12-11-17(13-25-18)22(29)27-26-21-19-9-5-6-10-20(19)28(23(21)30)15-16-7-3-2-4-8-16;28-22-20-10-4-3-9-19(20)21(25-26-22)23(29)24-17-8-5-11-27(14-17)18-12-15-6-1-2-7-16(15)13-18;1-14-23(31(28,29)26-16-6-9-22-15(12-16)10-11-30-22)13-20(25-24-14)18-7-8-21(27)19-5-3-2-4-17(18)19/h2-14,30H,15H2,1H3;1-4,6-7,9-10,17-18H,5,8,11-14H2,(H,24,29)(H,26,28);2-9,12-13,26-27H,10-11H2,1H3. The van der Waals surface area contributed by atoms with Crippen molar-refractivity contribution in [2.75, 3.05) is 31.5 Å². The Morgan fingerprint density at radius 2 is 1.49 bits per heavy atom. The molecule has 1 unspecified atom stereocenters. The molecule has 1 fully saturated rings. The molecular weight excluding hydrogens is 1160 g/mol. The summed E-state index contributed by atoms with van der Waals surface area (Å²) in [4.78, 5) is 47.9. The highest BCUT2D eigenvalue weighted by Crippen LogP contribution is 2.40. The van der Waals surface area contributed by atoms with Gasteiger partial charge >= 0.3 is 0 Å². The second-order valence-electron chi connectivity index (χ2n) is 22.1. The van der Waals surface area contributed by atoms with Crippen LogP contribution in [0, 0.1) is 6.92 Å². The van der Waals surface area contributed by atoms with Crippen molar-refractivity contribution in [2.45, 2.75) is 62.6 Å². The number of para-hydroxylation sites is 1. The number of aromatic amines is 1. The Labute approximate surface area is 517 Å². The number of aromatic hydroxyl groups is 2. The van der Waals surface area contributed by atoms with Crippen molar-refractivity contribution >= 4 is 71.9 Å². The van der Waals surface area contributed by atoms with Gasteiger partial charge in [-0.1, -0.05) is 115 Å². The number of amides is 2. The second kappa shape index (κ2) is 26.3.